The predicted molar refractivity (Wildman–Crippen MR) is 102 cm³/mol. The highest BCUT2D eigenvalue weighted by Gasteiger charge is 2.19. The highest BCUT2D eigenvalue weighted by molar-refractivity contribution is 5.81. The van der Waals surface area contributed by atoms with Crippen LogP contribution in [-0.2, 0) is 4.79 Å². The quantitative estimate of drug-likeness (QED) is 0.733. The summed E-state index contributed by atoms with van der Waals surface area (Å²) in [6, 6.07) is 6.09. The smallest absolute Gasteiger partial charge is 0.261 e. The Balaban J connectivity index is 1.73. The zero-order valence-corrected chi connectivity index (χ0v) is 16.2. The van der Waals surface area contributed by atoms with Crippen molar-refractivity contribution in [2.45, 2.75) is 39.7 Å². The van der Waals surface area contributed by atoms with Gasteiger partial charge in [-0.2, -0.15) is 0 Å². The number of amides is 1. The molecule has 0 unspecified atom stereocenters. The van der Waals surface area contributed by atoms with Crippen LogP contribution in [0.5, 0.6) is 5.75 Å². The molecule has 0 spiro atoms. The third-order valence-electron chi connectivity index (χ3n) is 4.82. The molecule has 1 aliphatic heterocycles. The van der Waals surface area contributed by atoms with Crippen molar-refractivity contribution >= 4 is 5.91 Å². The molecule has 1 aromatic rings. The van der Waals surface area contributed by atoms with Crippen LogP contribution < -0.4 is 10.1 Å². The molecule has 1 saturated heterocycles. The van der Waals surface area contributed by atoms with Crippen LogP contribution in [0.1, 0.15) is 30.9 Å². The molecule has 1 aromatic carbocycles. The first kappa shape index (κ1) is 19.7. The van der Waals surface area contributed by atoms with E-state index in [1.807, 2.05) is 32.9 Å². The van der Waals surface area contributed by atoms with E-state index >= 15 is 0 Å². The van der Waals surface area contributed by atoms with Crippen molar-refractivity contribution in [3.05, 3.63) is 29.3 Å². The molecular weight excluding hydrogens is 314 g/mol. The van der Waals surface area contributed by atoms with Gasteiger partial charge in [-0.15, -0.1) is 0 Å². The molecule has 2 rings (SSSR count). The summed E-state index contributed by atoms with van der Waals surface area (Å²) in [5, 5.41) is 3.04. The van der Waals surface area contributed by atoms with E-state index in [4.69, 9.17) is 4.74 Å². The van der Waals surface area contributed by atoms with E-state index in [0.717, 1.165) is 56.0 Å². The molecule has 0 bridgehead atoms. The second kappa shape index (κ2) is 9.78. The molecule has 1 heterocycles. The van der Waals surface area contributed by atoms with Gasteiger partial charge in [0, 0.05) is 32.7 Å². The molecule has 140 valence electrons. The summed E-state index contributed by atoms with van der Waals surface area (Å²) in [5.41, 5.74) is 2.20. The maximum absolute atomic E-state index is 12.4. The Kier molecular flexibility index (Phi) is 7.72. The zero-order chi connectivity index (χ0) is 18.2. The highest BCUT2D eigenvalue weighted by atomic mass is 16.5. The van der Waals surface area contributed by atoms with Crippen molar-refractivity contribution in [3.8, 4) is 5.75 Å². The normalized spacial score (nSPS) is 17.3. The van der Waals surface area contributed by atoms with Gasteiger partial charge < -0.3 is 19.9 Å². The zero-order valence-electron chi connectivity index (χ0n) is 16.2. The lowest BCUT2D eigenvalue weighted by molar-refractivity contribution is -0.128. The van der Waals surface area contributed by atoms with Crippen LogP contribution in [0.3, 0.4) is 0 Å². The molecule has 1 atom stereocenters. The fourth-order valence-corrected chi connectivity index (χ4v) is 3.01. The fraction of sp³-hybridized carbons (Fsp3) is 0.650. The lowest BCUT2D eigenvalue weighted by Crippen LogP contribution is -2.45. The number of piperazine rings is 1. The Labute approximate surface area is 152 Å². The molecule has 0 aromatic heterocycles. The number of benzene rings is 1. The molecule has 25 heavy (non-hydrogen) atoms. The molecule has 1 fully saturated rings. The van der Waals surface area contributed by atoms with Gasteiger partial charge in [0.1, 0.15) is 5.75 Å². The van der Waals surface area contributed by atoms with E-state index in [1.54, 1.807) is 0 Å². The monoisotopic (exact) mass is 347 g/mol. The van der Waals surface area contributed by atoms with Gasteiger partial charge in [-0.05, 0) is 57.5 Å². The first-order valence-electron chi connectivity index (χ1n) is 9.42. The topological polar surface area (TPSA) is 44.8 Å². The van der Waals surface area contributed by atoms with Crippen molar-refractivity contribution in [1.82, 2.24) is 15.1 Å². The minimum absolute atomic E-state index is 0.0122. The summed E-state index contributed by atoms with van der Waals surface area (Å²) in [6.07, 6.45) is 1.22. The Morgan fingerprint density at radius 1 is 1.24 bits per heavy atom. The average Bonchev–Trinajstić information content (AvgIpc) is 2.60. The molecule has 5 heteroatoms. The number of nitrogens with one attached hydrogen (secondary N) is 1. The first-order chi connectivity index (χ1) is 12.0. The Morgan fingerprint density at radius 2 is 1.96 bits per heavy atom. The number of rotatable bonds is 8. The van der Waals surface area contributed by atoms with Crippen molar-refractivity contribution < 1.29 is 9.53 Å². The summed E-state index contributed by atoms with van der Waals surface area (Å²) >= 11 is 0. The minimum Gasteiger partial charge on any atom is -0.480 e. The largest absolute Gasteiger partial charge is 0.480 e. The molecule has 0 aliphatic carbocycles. The van der Waals surface area contributed by atoms with E-state index in [9.17, 15) is 4.79 Å². The van der Waals surface area contributed by atoms with Gasteiger partial charge in [-0.25, -0.2) is 0 Å². The third kappa shape index (κ3) is 6.33. The predicted octanol–water partition coefficient (Wildman–Crippen LogP) is 2.21. The lowest BCUT2D eigenvalue weighted by atomic mass is 10.1. The lowest BCUT2D eigenvalue weighted by Gasteiger charge is -2.32. The van der Waals surface area contributed by atoms with Crippen molar-refractivity contribution in [2.75, 3.05) is 46.3 Å². The first-order valence-corrected chi connectivity index (χ1v) is 9.42. The number of carbonyl (C=O) groups excluding carboxylic acids is 1. The van der Waals surface area contributed by atoms with E-state index in [-0.39, 0.29) is 5.91 Å². The van der Waals surface area contributed by atoms with Crippen LogP contribution in [0.4, 0.5) is 0 Å². The Bertz CT molecular complexity index is 554. The van der Waals surface area contributed by atoms with Crippen LogP contribution >= 0.6 is 0 Å². The minimum atomic E-state index is -0.427. The fourth-order valence-electron chi connectivity index (χ4n) is 3.01. The molecule has 1 N–H and O–H groups in total. The van der Waals surface area contributed by atoms with E-state index in [2.05, 4.69) is 28.2 Å². The number of hydrogen-bond donors (Lipinski definition) is 1. The summed E-state index contributed by atoms with van der Waals surface area (Å²) in [5.74, 6) is 0.793. The Morgan fingerprint density at radius 3 is 2.64 bits per heavy atom. The number of ether oxygens (including phenoxy) is 1. The molecule has 0 radical (unpaired) electrons. The molecule has 1 aliphatic rings. The SMILES string of the molecule is CC[C@H](Oc1cc(C)ccc1C)C(=O)NCCCN1CCN(C)CC1. The van der Waals surface area contributed by atoms with Gasteiger partial charge in [0.25, 0.3) is 5.91 Å². The van der Waals surface area contributed by atoms with Crippen LogP contribution in [0.15, 0.2) is 18.2 Å². The average molecular weight is 348 g/mol. The summed E-state index contributed by atoms with van der Waals surface area (Å²) in [6.45, 7) is 12.3. The summed E-state index contributed by atoms with van der Waals surface area (Å²) in [4.78, 5) is 17.2. The van der Waals surface area contributed by atoms with E-state index < -0.39 is 6.10 Å². The summed E-state index contributed by atoms with van der Waals surface area (Å²) in [7, 11) is 2.17. The maximum Gasteiger partial charge on any atom is 0.261 e. The van der Waals surface area contributed by atoms with E-state index in [1.165, 1.54) is 0 Å². The Hall–Kier alpha value is -1.59. The second-order valence-corrected chi connectivity index (χ2v) is 7.07. The number of hydrogen-bond acceptors (Lipinski definition) is 4. The van der Waals surface area contributed by atoms with Crippen molar-refractivity contribution in [2.24, 2.45) is 0 Å². The van der Waals surface area contributed by atoms with Gasteiger partial charge in [0.15, 0.2) is 6.10 Å². The maximum atomic E-state index is 12.4. The van der Waals surface area contributed by atoms with Gasteiger partial charge in [-0.3, -0.25) is 4.79 Å². The van der Waals surface area contributed by atoms with E-state index in [0.29, 0.717) is 13.0 Å². The third-order valence-corrected chi connectivity index (χ3v) is 4.82. The second-order valence-electron chi connectivity index (χ2n) is 7.07. The highest BCUT2D eigenvalue weighted by Crippen LogP contribution is 2.21. The van der Waals surface area contributed by atoms with Crippen LogP contribution in [0, 0.1) is 13.8 Å². The van der Waals surface area contributed by atoms with Gasteiger partial charge >= 0.3 is 0 Å². The molecule has 5 nitrogen and oxygen atoms in total. The van der Waals surface area contributed by atoms with Crippen molar-refractivity contribution in [1.29, 1.82) is 0 Å². The standard InChI is InChI=1S/C20H33N3O2/c1-5-18(25-19-15-16(2)7-8-17(19)3)20(24)21-9-6-10-23-13-11-22(4)12-14-23/h7-8,15,18H,5-6,9-14H2,1-4H3,(H,21,24)/t18-/m0/s1. The number of aryl methyl sites for hydroxylation is 2. The number of nitrogens with zero attached hydrogens (tertiary/aromatic N) is 2. The number of likely N-dealkylation sites (N-methyl/N-ethyl adjacent to an activating group) is 1. The van der Waals surface area contributed by atoms with Gasteiger partial charge in [-0.1, -0.05) is 19.1 Å². The van der Waals surface area contributed by atoms with Crippen molar-refractivity contribution in [3.63, 3.8) is 0 Å². The van der Waals surface area contributed by atoms with Crippen LogP contribution in [-0.4, -0.2) is 68.1 Å². The number of carbonyl (C=O) groups is 1. The van der Waals surface area contributed by atoms with Crippen LogP contribution in [0.2, 0.25) is 0 Å². The molecular formula is C20H33N3O2. The van der Waals surface area contributed by atoms with Gasteiger partial charge in [0.05, 0.1) is 0 Å². The summed E-state index contributed by atoms with van der Waals surface area (Å²) < 4.78 is 5.97. The van der Waals surface area contributed by atoms with Crippen LogP contribution in [0.25, 0.3) is 0 Å². The molecule has 1 amide bonds. The van der Waals surface area contributed by atoms with Gasteiger partial charge in [0.2, 0.25) is 0 Å². The molecule has 0 saturated carbocycles.